The second-order valence-corrected chi connectivity index (χ2v) is 7.01. The molecule has 8 heteroatoms. The van der Waals surface area contributed by atoms with Crippen molar-refractivity contribution < 1.29 is 14.3 Å². The van der Waals surface area contributed by atoms with Crippen LogP contribution in [0, 0.1) is 0 Å². The minimum atomic E-state index is -0.626. The SMILES string of the molecule is O=C(/C=C/c1cn(Cc2ccccc2)nn1)OCC(=O)c1ccc(Cl)s1. The molecule has 0 aliphatic heterocycles. The average molecular weight is 388 g/mol. The molecular weight excluding hydrogens is 374 g/mol. The van der Waals surface area contributed by atoms with Crippen molar-refractivity contribution in [3.05, 3.63) is 75.2 Å². The van der Waals surface area contributed by atoms with Gasteiger partial charge in [0.05, 0.1) is 22.0 Å². The maximum absolute atomic E-state index is 11.8. The summed E-state index contributed by atoms with van der Waals surface area (Å²) in [4.78, 5) is 24.0. The van der Waals surface area contributed by atoms with E-state index in [1.165, 1.54) is 12.2 Å². The van der Waals surface area contributed by atoms with Crippen molar-refractivity contribution in [1.29, 1.82) is 0 Å². The van der Waals surface area contributed by atoms with Crippen LogP contribution in [0.2, 0.25) is 4.34 Å². The Kier molecular flexibility index (Phi) is 5.93. The molecule has 3 aromatic rings. The Balaban J connectivity index is 1.50. The highest BCUT2D eigenvalue weighted by Crippen LogP contribution is 2.21. The van der Waals surface area contributed by atoms with Crippen LogP contribution in [0.1, 0.15) is 20.9 Å². The highest BCUT2D eigenvalue weighted by atomic mass is 35.5. The van der Waals surface area contributed by atoms with E-state index in [0.717, 1.165) is 16.9 Å². The van der Waals surface area contributed by atoms with Crippen LogP contribution in [-0.2, 0) is 16.1 Å². The molecule has 0 aliphatic rings. The second kappa shape index (κ2) is 8.55. The number of ketones is 1. The van der Waals surface area contributed by atoms with Gasteiger partial charge in [0, 0.05) is 6.08 Å². The van der Waals surface area contributed by atoms with Gasteiger partial charge in [-0.3, -0.25) is 4.79 Å². The monoisotopic (exact) mass is 387 g/mol. The van der Waals surface area contributed by atoms with Gasteiger partial charge in [-0.15, -0.1) is 16.4 Å². The van der Waals surface area contributed by atoms with Gasteiger partial charge in [-0.25, -0.2) is 9.48 Å². The van der Waals surface area contributed by atoms with E-state index in [0.29, 0.717) is 21.5 Å². The van der Waals surface area contributed by atoms with Crippen LogP contribution in [0.25, 0.3) is 6.08 Å². The van der Waals surface area contributed by atoms with Gasteiger partial charge in [0.25, 0.3) is 0 Å². The predicted octanol–water partition coefficient (Wildman–Crippen LogP) is 3.48. The highest BCUT2D eigenvalue weighted by molar-refractivity contribution is 7.18. The Morgan fingerprint density at radius 3 is 2.73 bits per heavy atom. The zero-order valence-electron chi connectivity index (χ0n) is 13.5. The lowest BCUT2D eigenvalue weighted by molar-refractivity contribution is -0.136. The van der Waals surface area contributed by atoms with Gasteiger partial charge in [0.2, 0.25) is 5.78 Å². The first kappa shape index (κ1) is 18.0. The van der Waals surface area contributed by atoms with Gasteiger partial charge >= 0.3 is 5.97 Å². The van der Waals surface area contributed by atoms with E-state index in [-0.39, 0.29) is 12.4 Å². The molecule has 0 radical (unpaired) electrons. The number of aromatic nitrogens is 3. The molecule has 0 fully saturated rings. The third-order valence-electron chi connectivity index (χ3n) is 3.33. The number of ether oxygens (including phenoxy) is 1. The molecule has 0 atom stereocenters. The molecule has 2 aromatic heterocycles. The average Bonchev–Trinajstić information content (AvgIpc) is 3.28. The molecule has 132 valence electrons. The minimum absolute atomic E-state index is 0.294. The zero-order chi connectivity index (χ0) is 18.4. The van der Waals surface area contributed by atoms with E-state index in [1.54, 1.807) is 23.0 Å². The summed E-state index contributed by atoms with van der Waals surface area (Å²) in [5.41, 5.74) is 1.62. The second-order valence-electron chi connectivity index (χ2n) is 5.29. The van der Waals surface area contributed by atoms with E-state index in [9.17, 15) is 9.59 Å². The van der Waals surface area contributed by atoms with Gasteiger partial charge < -0.3 is 4.74 Å². The van der Waals surface area contributed by atoms with Gasteiger partial charge in [-0.05, 0) is 23.8 Å². The van der Waals surface area contributed by atoms with Crippen molar-refractivity contribution in [2.75, 3.05) is 6.61 Å². The number of carbonyl (C=O) groups is 2. The van der Waals surface area contributed by atoms with E-state index < -0.39 is 5.97 Å². The summed E-state index contributed by atoms with van der Waals surface area (Å²) in [6.45, 7) is 0.255. The van der Waals surface area contributed by atoms with Gasteiger partial charge in [-0.1, -0.05) is 47.1 Å². The summed E-state index contributed by atoms with van der Waals surface area (Å²) in [7, 11) is 0. The third-order valence-corrected chi connectivity index (χ3v) is 4.60. The lowest BCUT2D eigenvalue weighted by Crippen LogP contribution is -2.11. The minimum Gasteiger partial charge on any atom is -0.454 e. The number of carbonyl (C=O) groups excluding carboxylic acids is 2. The lowest BCUT2D eigenvalue weighted by atomic mass is 10.2. The summed E-state index contributed by atoms with van der Waals surface area (Å²) in [5.74, 6) is -0.920. The number of hydrogen-bond donors (Lipinski definition) is 0. The Morgan fingerprint density at radius 1 is 1.19 bits per heavy atom. The Labute approximate surface area is 158 Å². The van der Waals surface area contributed by atoms with Crippen LogP contribution in [0.4, 0.5) is 0 Å². The lowest BCUT2D eigenvalue weighted by Gasteiger charge is -1.99. The largest absolute Gasteiger partial charge is 0.454 e. The zero-order valence-corrected chi connectivity index (χ0v) is 15.1. The molecule has 2 heterocycles. The summed E-state index contributed by atoms with van der Waals surface area (Å²) in [6.07, 6.45) is 4.42. The maximum Gasteiger partial charge on any atom is 0.331 e. The standard InChI is InChI=1S/C18H14ClN3O3S/c19-17-8-7-16(26-17)15(23)12-25-18(24)9-6-14-11-22(21-20-14)10-13-4-2-1-3-5-13/h1-9,11H,10,12H2/b9-6+. The molecular formula is C18H14ClN3O3S. The molecule has 0 bridgehead atoms. The third kappa shape index (κ3) is 5.11. The Morgan fingerprint density at radius 2 is 2.00 bits per heavy atom. The maximum atomic E-state index is 11.8. The van der Waals surface area contributed by atoms with Crippen molar-refractivity contribution in [3.63, 3.8) is 0 Å². The topological polar surface area (TPSA) is 74.1 Å². The van der Waals surface area contributed by atoms with Gasteiger partial charge in [0.15, 0.2) is 6.61 Å². The number of rotatable bonds is 7. The molecule has 0 saturated heterocycles. The normalized spacial score (nSPS) is 11.0. The molecule has 26 heavy (non-hydrogen) atoms. The molecule has 0 aliphatic carbocycles. The molecule has 3 rings (SSSR count). The molecule has 0 unspecified atom stereocenters. The number of Topliss-reactive ketones (excluding diaryl/α,β-unsaturated/α-hetero) is 1. The fourth-order valence-electron chi connectivity index (χ4n) is 2.11. The van der Waals surface area contributed by atoms with Crippen LogP contribution in [0.5, 0.6) is 0 Å². The van der Waals surface area contributed by atoms with Crippen LogP contribution < -0.4 is 0 Å². The highest BCUT2D eigenvalue weighted by Gasteiger charge is 2.11. The molecule has 1 aromatic carbocycles. The molecule has 0 amide bonds. The Bertz CT molecular complexity index is 934. The number of hydrogen-bond acceptors (Lipinski definition) is 6. The number of benzene rings is 1. The number of nitrogens with zero attached hydrogens (tertiary/aromatic N) is 3. The fourth-order valence-corrected chi connectivity index (χ4v) is 3.08. The molecule has 0 spiro atoms. The molecule has 0 saturated carbocycles. The summed E-state index contributed by atoms with van der Waals surface area (Å²) >= 11 is 6.92. The predicted molar refractivity (Wildman–Crippen MR) is 99.2 cm³/mol. The summed E-state index contributed by atoms with van der Waals surface area (Å²) in [6, 6.07) is 13.1. The van der Waals surface area contributed by atoms with E-state index in [1.807, 2.05) is 30.3 Å². The van der Waals surface area contributed by atoms with Gasteiger partial charge in [0.1, 0.15) is 5.69 Å². The summed E-state index contributed by atoms with van der Waals surface area (Å²) < 4.78 is 7.11. The first-order valence-corrected chi connectivity index (χ1v) is 8.87. The van der Waals surface area contributed by atoms with Crippen LogP contribution in [0.3, 0.4) is 0 Å². The fraction of sp³-hybridized carbons (Fsp3) is 0.111. The summed E-state index contributed by atoms with van der Waals surface area (Å²) in [5, 5.41) is 7.97. The van der Waals surface area contributed by atoms with Crippen molar-refractivity contribution in [3.8, 4) is 0 Å². The van der Waals surface area contributed by atoms with Crippen molar-refractivity contribution >= 4 is 40.8 Å². The van der Waals surface area contributed by atoms with E-state index in [4.69, 9.17) is 16.3 Å². The number of esters is 1. The quantitative estimate of drug-likeness (QED) is 0.352. The number of halogens is 1. The van der Waals surface area contributed by atoms with Crippen molar-refractivity contribution in [2.24, 2.45) is 0 Å². The smallest absolute Gasteiger partial charge is 0.331 e. The molecule has 6 nitrogen and oxygen atoms in total. The van der Waals surface area contributed by atoms with Crippen molar-refractivity contribution in [1.82, 2.24) is 15.0 Å². The van der Waals surface area contributed by atoms with Crippen molar-refractivity contribution in [2.45, 2.75) is 6.54 Å². The van der Waals surface area contributed by atoms with E-state index in [2.05, 4.69) is 10.3 Å². The number of thiophene rings is 1. The van der Waals surface area contributed by atoms with Crippen LogP contribution in [-0.4, -0.2) is 33.4 Å². The first-order valence-electron chi connectivity index (χ1n) is 7.67. The van der Waals surface area contributed by atoms with Crippen LogP contribution in [0.15, 0.2) is 54.7 Å². The van der Waals surface area contributed by atoms with E-state index >= 15 is 0 Å². The molecule has 0 N–H and O–H groups in total. The van der Waals surface area contributed by atoms with Crippen LogP contribution >= 0.6 is 22.9 Å². The first-order chi connectivity index (χ1) is 12.6. The van der Waals surface area contributed by atoms with Gasteiger partial charge in [-0.2, -0.15) is 0 Å². The Hall–Kier alpha value is -2.77.